The van der Waals surface area contributed by atoms with E-state index in [1.165, 1.54) is 24.1 Å². The lowest BCUT2D eigenvalue weighted by atomic mass is 9.97. The smallest absolute Gasteiger partial charge is 0.0410 e. The van der Waals surface area contributed by atoms with Crippen LogP contribution in [-0.4, -0.2) is 6.04 Å². The van der Waals surface area contributed by atoms with Gasteiger partial charge in [-0.1, -0.05) is 38.8 Å². The van der Waals surface area contributed by atoms with Crippen molar-refractivity contribution >= 4 is 17.3 Å². The average Bonchev–Trinajstić information content (AvgIpc) is 2.31. The summed E-state index contributed by atoms with van der Waals surface area (Å²) in [6.07, 6.45) is 3.64. The van der Waals surface area contributed by atoms with Gasteiger partial charge in [-0.15, -0.1) is 0 Å². The van der Waals surface area contributed by atoms with E-state index in [1.54, 1.807) is 0 Å². The van der Waals surface area contributed by atoms with Gasteiger partial charge in [0.1, 0.15) is 0 Å². The molecular formula is C15H24ClN. The lowest BCUT2D eigenvalue weighted by molar-refractivity contribution is 0.461. The third-order valence-electron chi connectivity index (χ3n) is 3.42. The van der Waals surface area contributed by atoms with Crippen molar-refractivity contribution in [2.24, 2.45) is 5.92 Å². The molecule has 0 aliphatic carbocycles. The van der Waals surface area contributed by atoms with Crippen molar-refractivity contribution in [2.75, 3.05) is 5.32 Å². The van der Waals surface area contributed by atoms with Crippen molar-refractivity contribution in [3.8, 4) is 0 Å². The van der Waals surface area contributed by atoms with Gasteiger partial charge in [0.2, 0.25) is 0 Å². The van der Waals surface area contributed by atoms with Crippen LogP contribution in [0.2, 0.25) is 5.02 Å². The van der Waals surface area contributed by atoms with E-state index >= 15 is 0 Å². The SMILES string of the molecule is CCC(C)CC(CC)Nc1ccc(Cl)cc1C. The molecule has 0 amide bonds. The van der Waals surface area contributed by atoms with Crippen molar-refractivity contribution in [3.63, 3.8) is 0 Å². The van der Waals surface area contributed by atoms with Crippen molar-refractivity contribution in [3.05, 3.63) is 28.8 Å². The summed E-state index contributed by atoms with van der Waals surface area (Å²) in [5.74, 6) is 0.778. The molecule has 1 aromatic rings. The van der Waals surface area contributed by atoms with Gasteiger partial charge in [-0.25, -0.2) is 0 Å². The third kappa shape index (κ3) is 4.59. The Morgan fingerprint density at radius 3 is 2.47 bits per heavy atom. The predicted octanol–water partition coefficient (Wildman–Crippen LogP) is 5.28. The molecule has 17 heavy (non-hydrogen) atoms. The Kier molecular flexibility index (Phi) is 5.84. The number of nitrogens with one attached hydrogen (secondary N) is 1. The molecule has 0 radical (unpaired) electrons. The molecule has 1 nitrogen and oxygen atoms in total. The normalized spacial score (nSPS) is 14.4. The van der Waals surface area contributed by atoms with Crippen molar-refractivity contribution in [2.45, 2.75) is 53.0 Å². The van der Waals surface area contributed by atoms with Crippen LogP contribution >= 0.6 is 11.6 Å². The number of hydrogen-bond acceptors (Lipinski definition) is 1. The van der Waals surface area contributed by atoms with E-state index in [0.717, 1.165) is 17.4 Å². The molecule has 2 atom stereocenters. The maximum atomic E-state index is 5.97. The van der Waals surface area contributed by atoms with Gasteiger partial charge in [0.15, 0.2) is 0 Å². The molecule has 2 heteroatoms. The molecule has 0 heterocycles. The summed E-state index contributed by atoms with van der Waals surface area (Å²) in [5.41, 5.74) is 2.43. The second kappa shape index (κ2) is 6.90. The molecule has 0 spiro atoms. The van der Waals surface area contributed by atoms with Crippen molar-refractivity contribution in [1.29, 1.82) is 0 Å². The fourth-order valence-electron chi connectivity index (χ4n) is 1.99. The average molecular weight is 254 g/mol. The van der Waals surface area contributed by atoms with Crippen LogP contribution < -0.4 is 5.32 Å². The summed E-state index contributed by atoms with van der Waals surface area (Å²) < 4.78 is 0. The largest absolute Gasteiger partial charge is 0.382 e. The third-order valence-corrected chi connectivity index (χ3v) is 3.66. The standard InChI is InChI=1S/C15H24ClN/c1-5-11(3)9-14(6-2)17-15-8-7-13(16)10-12(15)4/h7-8,10-11,14,17H,5-6,9H2,1-4H3. The summed E-state index contributed by atoms with van der Waals surface area (Å²) in [5, 5.41) is 4.44. The van der Waals surface area contributed by atoms with E-state index < -0.39 is 0 Å². The zero-order chi connectivity index (χ0) is 12.8. The highest BCUT2D eigenvalue weighted by Gasteiger charge is 2.11. The first-order valence-corrected chi connectivity index (χ1v) is 6.97. The number of benzene rings is 1. The Labute approximate surface area is 111 Å². The minimum Gasteiger partial charge on any atom is -0.382 e. The molecule has 0 saturated heterocycles. The molecule has 1 rings (SSSR count). The maximum Gasteiger partial charge on any atom is 0.0410 e. The zero-order valence-corrected chi connectivity index (χ0v) is 12.1. The molecule has 2 unspecified atom stereocenters. The molecule has 0 bridgehead atoms. The summed E-state index contributed by atoms with van der Waals surface area (Å²) in [7, 11) is 0. The first kappa shape index (κ1) is 14.4. The molecule has 1 N–H and O–H groups in total. The lowest BCUT2D eigenvalue weighted by Gasteiger charge is -2.22. The first-order chi connectivity index (χ1) is 8.06. The van der Waals surface area contributed by atoms with E-state index in [9.17, 15) is 0 Å². The summed E-state index contributed by atoms with van der Waals surface area (Å²) >= 11 is 5.97. The van der Waals surface area contributed by atoms with Crippen LogP contribution in [0.5, 0.6) is 0 Å². The maximum absolute atomic E-state index is 5.97. The number of rotatable bonds is 6. The summed E-state index contributed by atoms with van der Waals surface area (Å²) in [6, 6.07) is 6.61. The lowest BCUT2D eigenvalue weighted by Crippen LogP contribution is -2.21. The molecule has 1 aromatic carbocycles. The quantitative estimate of drug-likeness (QED) is 0.728. The van der Waals surface area contributed by atoms with Gasteiger partial charge in [0, 0.05) is 16.8 Å². The topological polar surface area (TPSA) is 12.0 Å². The van der Waals surface area contributed by atoms with Crippen LogP contribution in [0.3, 0.4) is 0 Å². The highest BCUT2D eigenvalue weighted by atomic mass is 35.5. The second-order valence-corrected chi connectivity index (χ2v) is 5.39. The second-order valence-electron chi connectivity index (χ2n) is 4.96. The fraction of sp³-hybridized carbons (Fsp3) is 0.600. The Hall–Kier alpha value is -0.690. The first-order valence-electron chi connectivity index (χ1n) is 6.59. The number of hydrogen-bond donors (Lipinski definition) is 1. The molecule has 0 aliphatic rings. The predicted molar refractivity (Wildman–Crippen MR) is 78.0 cm³/mol. The Balaban J connectivity index is 2.67. The molecule has 0 saturated carbocycles. The van der Waals surface area contributed by atoms with Gasteiger partial charge in [-0.2, -0.15) is 0 Å². The van der Waals surface area contributed by atoms with Crippen molar-refractivity contribution < 1.29 is 0 Å². The molecule has 0 aromatic heterocycles. The number of halogens is 1. The van der Waals surface area contributed by atoms with E-state index in [2.05, 4.69) is 39.1 Å². The Morgan fingerprint density at radius 1 is 1.24 bits per heavy atom. The van der Waals surface area contributed by atoms with E-state index in [0.29, 0.717) is 6.04 Å². The van der Waals surface area contributed by atoms with Gasteiger partial charge < -0.3 is 5.32 Å². The molecule has 0 aliphatic heterocycles. The monoisotopic (exact) mass is 253 g/mol. The molecular weight excluding hydrogens is 230 g/mol. The van der Waals surface area contributed by atoms with Crippen LogP contribution in [0.4, 0.5) is 5.69 Å². The van der Waals surface area contributed by atoms with Gasteiger partial charge in [-0.3, -0.25) is 0 Å². The van der Waals surface area contributed by atoms with Gasteiger partial charge in [0.05, 0.1) is 0 Å². The number of aryl methyl sites for hydroxylation is 1. The van der Waals surface area contributed by atoms with Gasteiger partial charge in [-0.05, 0) is 49.4 Å². The highest BCUT2D eigenvalue weighted by molar-refractivity contribution is 6.30. The summed E-state index contributed by atoms with van der Waals surface area (Å²) in [6.45, 7) is 8.92. The summed E-state index contributed by atoms with van der Waals surface area (Å²) in [4.78, 5) is 0. The van der Waals surface area contributed by atoms with Crippen LogP contribution in [0.15, 0.2) is 18.2 Å². The van der Waals surface area contributed by atoms with Crippen LogP contribution in [0.1, 0.15) is 45.6 Å². The zero-order valence-electron chi connectivity index (χ0n) is 11.4. The van der Waals surface area contributed by atoms with Gasteiger partial charge >= 0.3 is 0 Å². The Morgan fingerprint density at radius 2 is 1.94 bits per heavy atom. The minimum absolute atomic E-state index is 0.560. The molecule has 96 valence electrons. The van der Waals surface area contributed by atoms with E-state index in [-0.39, 0.29) is 0 Å². The number of anilines is 1. The highest BCUT2D eigenvalue weighted by Crippen LogP contribution is 2.23. The van der Waals surface area contributed by atoms with E-state index in [1.807, 2.05) is 12.1 Å². The van der Waals surface area contributed by atoms with Crippen molar-refractivity contribution in [1.82, 2.24) is 0 Å². The minimum atomic E-state index is 0.560. The molecule has 0 fully saturated rings. The van der Waals surface area contributed by atoms with Crippen LogP contribution in [-0.2, 0) is 0 Å². The van der Waals surface area contributed by atoms with Gasteiger partial charge in [0.25, 0.3) is 0 Å². The van der Waals surface area contributed by atoms with E-state index in [4.69, 9.17) is 11.6 Å². The fourth-order valence-corrected chi connectivity index (χ4v) is 2.22. The van der Waals surface area contributed by atoms with Crippen LogP contribution in [0, 0.1) is 12.8 Å². The van der Waals surface area contributed by atoms with Crippen LogP contribution in [0.25, 0.3) is 0 Å². The Bertz CT molecular complexity index is 349.